The van der Waals surface area contributed by atoms with E-state index in [9.17, 15) is 0 Å². The second-order valence-corrected chi connectivity index (χ2v) is 3.87. The molecule has 0 aliphatic carbocycles. The van der Waals surface area contributed by atoms with E-state index in [-0.39, 0.29) is 6.04 Å². The van der Waals surface area contributed by atoms with Gasteiger partial charge in [-0.15, -0.1) is 0 Å². The maximum atomic E-state index is 5.79. The Kier molecular flexibility index (Phi) is 3.58. The van der Waals surface area contributed by atoms with Gasteiger partial charge in [0.15, 0.2) is 0 Å². The Morgan fingerprint density at radius 2 is 2.07 bits per heavy atom. The van der Waals surface area contributed by atoms with Gasteiger partial charge in [-0.3, -0.25) is 0 Å². The van der Waals surface area contributed by atoms with Gasteiger partial charge in [0.2, 0.25) is 0 Å². The number of rotatable bonds is 3. The number of hydrogen-bond donors (Lipinski definition) is 1. The van der Waals surface area contributed by atoms with Gasteiger partial charge in [0.05, 0.1) is 0 Å². The predicted octanol–water partition coefficient (Wildman–Crippen LogP) is 2.32. The summed E-state index contributed by atoms with van der Waals surface area (Å²) in [4.78, 5) is 8.81. The Morgan fingerprint density at radius 1 is 1.43 bits per heavy atom. The molecule has 0 aliphatic heterocycles. The molecule has 0 radical (unpaired) electrons. The molecular weight excluding hydrogens is 174 g/mol. The third kappa shape index (κ3) is 2.29. The fraction of sp³-hybridized carbons (Fsp3) is 0.636. The Morgan fingerprint density at radius 3 is 2.50 bits per heavy atom. The van der Waals surface area contributed by atoms with Crippen LogP contribution in [0.4, 0.5) is 0 Å². The first-order valence-corrected chi connectivity index (χ1v) is 5.15. The van der Waals surface area contributed by atoms with E-state index in [0.29, 0.717) is 5.92 Å². The first-order valence-electron chi connectivity index (χ1n) is 5.15. The van der Waals surface area contributed by atoms with Crippen molar-refractivity contribution in [3.63, 3.8) is 0 Å². The summed E-state index contributed by atoms with van der Waals surface area (Å²) < 4.78 is 0. The molecule has 0 saturated carbocycles. The zero-order valence-corrected chi connectivity index (χ0v) is 9.41. The fourth-order valence-electron chi connectivity index (χ4n) is 1.36. The average molecular weight is 193 g/mol. The molecule has 0 aromatic carbocycles. The summed E-state index contributed by atoms with van der Waals surface area (Å²) >= 11 is 0. The molecule has 1 aromatic heterocycles. The molecule has 3 nitrogen and oxygen atoms in total. The quantitative estimate of drug-likeness (QED) is 0.801. The Bertz CT molecular complexity index is 307. The van der Waals surface area contributed by atoms with Crippen LogP contribution in [0.3, 0.4) is 0 Å². The van der Waals surface area contributed by atoms with Gasteiger partial charge in [-0.05, 0) is 20.3 Å². The summed E-state index contributed by atoms with van der Waals surface area (Å²) in [7, 11) is 0. The minimum absolute atomic E-state index is 0.0148. The summed E-state index contributed by atoms with van der Waals surface area (Å²) in [5, 5.41) is 0. The fourth-order valence-corrected chi connectivity index (χ4v) is 1.36. The highest BCUT2D eigenvalue weighted by atomic mass is 14.9. The van der Waals surface area contributed by atoms with Gasteiger partial charge in [-0.25, -0.2) is 9.97 Å². The first kappa shape index (κ1) is 11.1. The second-order valence-electron chi connectivity index (χ2n) is 3.87. The molecule has 3 heteroatoms. The zero-order valence-electron chi connectivity index (χ0n) is 9.41. The molecule has 0 fully saturated rings. The van der Waals surface area contributed by atoms with E-state index < -0.39 is 0 Å². The Labute approximate surface area is 85.8 Å². The largest absolute Gasteiger partial charge is 0.324 e. The molecule has 1 heterocycles. The van der Waals surface area contributed by atoms with Crippen molar-refractivity contribution in [2.24, 2.45) is 5.73 Å². The minimum atomic E-state index is 0.0148. The van der Waals surface area contributed by atoms with Crippen LogP contribution >= 0.6 is 0 Å². The maximum absolute atomic E-state index is 5.79. The molecule has 0 saturated heterocycles. The second kappa shape index (κ2) is 4.51. The predicted molar refractivity (Wildman–Crippen MR) is 58.1 cm³/mol. The lowest BCUT2D eigenvalue weighted by molar-refractivity contribution is 0.664. The number of hydrogen-bond acceptors (Lipinski definition) is 3. The summed E-state index contributed by atoms with van der Waals surface area (Å²) in [6.07, 6.45) is 2.92. The van der Waals surface area contributed by atoms with Crippen molar-refractivity contribution in [1.29, 1.82) is 0 Å². The van der Waals surface area contributed by atoms with Crippen molar-refractivity contribution in [3.8, 4) is 0 Å². The highest BCUT2D eigenvalue weighted by molar-refractivity contribution is 5.20. The molecule has 1 unspecified atom stereocenters. The van der Waals surface area contributed by atoms with E-state index in [2.05, 4.69) is 23.8 Å². The van der Waals surface area contributed by atoms with Crippen LogP contribution in [0.2, 0.25) is 0 Å². The summed E-state index contributed by atoms with van der Waals surface area (Å²) in [5.41, 5.74) is 7.84. The SMILES string of the molecule is CCC(C)c1ncc([C@@H](C)N)c(C)n1. The van der Waals surface area contributed by atoms with Crippen molar-refractivity contribution in [2.45, 2.75) is 46.1 Å². The number of aromatic nitrogens is 2. The van der Waals surface area contributed by atoms with Crippen LogP contribution in [0, 0.1) is 6.92 Å². The van der Waals surface area contributed by atoms with Crippen LogP contribution in [0.25, 0.3) is 0 Å². The molecule has 2 atom stereocenters. The van der Waals surface area contributed by atoms with Gasteiger partial charge in [0, 0.05) is 29.4 Å². The highest BCUT2D eigenvalue weighted by Gasteiger charge is 2.10. The van der Waals surface area contributed by atoms with E-state index in [1.807, 2.05) is 20.0 Å². The molecular formula is C11H19N3. The Hall–Kier alpha value is -0.960. The molecule has 0 amide bonds. The van der Waals surface area contributed by atoms with Crippen molar-refractivity contribution in [2.75, 3.05) is 0 Å². The number of nitrogens with zero attached hydrogens (tertiary/aromatic N) is 2. The van der Waals surface area contributed by atoms with E-state index >= 15 is 0 Å². The van der Waals surface area contributed by atoms with Gasteiger partial charge >= 0.3 is 0 Å². The van der Waals surface area contributed by atoms with Crippen LogP contribution < -0.4 is 5.73 Å². The highest BCUT2D eigenvalue weighted by Crippen LogP contribution is 2.17. The molecule has 0 spiro atoms. The van der Waals surface area contributed by atoms with Gasteiger partial charge in [0.1, 0.15) is 5.82 Å². The zero-order chi connectivity index (χ0) is 10.7. The van der Waals surface area contributed by atoms with Crippen molar-refractivity contribution in [1.82, 2.24) is 9.97 Å². The van der Waals surface area contributed by atoms with Gasteiger partial charge in [0.25, 0.3) is 0 Å². The smallest absolute Gasteiger partial charge is 0.131 e. The lowest BCUT2D eigenvalue weighted by Crippen LogP contribution is -2.11. The minimum Gasteiger partial charge on any atom is -0.324 e. The topological polar surface area (TPSA) is 51.8 Å². The van der Waals surface area contributed by atoms with E-state index in [4.69, 9.17) is 5.73 Å². The molecule has 14 heavy (non-hydrogen) atoms. The monoisotopic (exact) mass is 193 g/mol. The summed E-state index contributed by atoms with van der Waals surface area (Å²) in [5.74, 6) is 1.35. The summed E-state index contributed by atoms with van der Waals surface area (Å²) in [6, 6.07) is 0.0148. The van der Waals surface area contributed by atoms with Crippen LogP contribution in [0.1, 0.15) is 56.2 Å². The van der Waals surface area contributed by atoms with Crippen LogP contribution in [0.15, 0.2) is 6.20 Å². The maximum Gasteiger partial charge on any atom is 0.131 e. The van der Waals surface area contributed by atoms with E-state index in [1.165, 1.54) is 0 Å². The lowest BCUT2D eigenvalue weighted by Gasteiger charge is -2.12. The molecule has 1 aromatic rings. The van der Waals surface area contributed by atoms with Gasteiger partial charge in [-0.2, -0.15) is 0 Å². The van der Waals surface area contributed by atoms with Gasteiger partial charge < -0.3 is 5.73 Å². The lowest BCUT2D eigenvalue weighted by atomic mass is 10.1. The van der Waals surface area contributed by atoms with Crippen molar-refractivity contribution < 1.29 is 0 Å². The molecule has 1 rings (SSSR count). The molecule has 0 aliphatic rings. The van der Waals surface area contributed by atoms with Crippen molar-refractivity contribution in [3.05, 3.63) is 23.3 Å². The average Bonchev–Trinajstić information content (AvgIpc) is 2.15. The first-order chi connectivity index (χ1) is 6.56. The van der Waals surface area contributed by atoms with E-state index in [0.717, 1.165) is 23.5 Å². The summed E-state index contributed by atoms with van der Waals surface area (Å²) in [6.45, 7) is 8.23. The van der Waals surface area contributed by atoms with E-state index in [1.54, 1.807) is 0 Å². The molecule has 2 N–H and O–H groups in total. The Balaban J connectivity index is 3.00. The number of nitrogens with two attached hydrogens (primary N) is 1. The molecule has 78 valence electrons. The number of aryl methyl sites for hydroxylation is 1. The standard InChI is InChI=1S/C11H19N3/c1-5-7(2)11-13-6-10(8(3)12)9(4)14-11/h6-8H,5,12H2,1-4H3/t7?,8-/m1/s1. The van der Waals surface area contributed by atoms with Crippen LogP contribution in [-0.2, 0) is 0 Å². The normalized spacial score (nSPS) is 15.2. The van der Waals surface area contributed by atoms with Crippen molar-refractivity contribution >= 4 is 0 Å². The third-order valence-corrected chi connectivity index (χ3v) is 2.58. The van der Waals surface area contributed by atoms with Crippen LogP contribution in [-0.4, -0.2) is 9.97 Å². The third-order valence-electron chi connectivity index (χ3n) is 2.58. The molecule has 0 bridgehead atoms. The van der Waals surface area contributed by atoms with Crippen LogP contribution in [0.5, 0.6) is 0 Å². The van der Waals surface area contributed by atoms with Gasteiger partial charge in [-0.1, -0.05) is 13.8 Å².